The van der Waals surface area contributed by atoms with Crippen LogP contribution in [-0.2, 0) is 11.3 Å². The Morgan fingerprint density at radius 1 is 1.25 bits per heavy atom. The lowest BCUT2D eigenvalue weighted by Crippen LogP contribution is -2.49. The van der Waals surface area contributed by atoms with Gasteiger partial charge >= 0.3 is 0 Å². The Bertz CT molecular complexity index is 1130. The molecule has 0 saturated heterocycles. The molecule has 1 aliphatic rings. The predicted molar refractivity (Wildman–Crippen MR) is 124 cm³/mol. The van der Waals surface area contributed by atoms with Crippen molar-refractivity contribution in [3.63, 3.8) is 0 Å². The Hall–Kier alpha value is -2.47. The molecule has 1 aliphatic carbocycles. The highest BCUT2D eigenvalue weighted by atomic mass is 35.5. The lowest BCUT2D eigenvalue weighted by atomic mass is 9.83. The lowest BCUT2D eigenvalue weighted by molar-refractivity contribution is -0.120. The summed E-state index contributed by atoms with van der Waals surface area (Å²) >= 11 is 13.7. The zero-order valence-corrected chi connectivity index (χ0v) is 19.5. The van der Waals surface area contributed by atoms with Crippen molar-refractivity contribution in [3.05, 3.63) is 52.4 Å². The summed E-state index contributed by atoms with van der Waals surface area (Å²) in [6, 6.07) is 11.1. The van der Waals surface area contributed by atoms with Crippen LogP contribution in [0.2, 0.25) is 10.0 Å². The summed E-state index contributed by atoms with van der Waals surface area (Å²) in [4.78, 5) is 12.7. The fraction of sp³-hybridized carbons (Fsp3) is 0.364. The summed E-state index contributed by atoms with van der Waals surface area (Å²) in [7, 11) is 0. The summed E-state index contributed by atoms with van der Waals surface area (Å²) in [5, 5.41) is 22.7. The molecule has 1 saturated carbocycles. The Morgan fingerprint density at radius 3 is 2.75 bits per heavy atom. The summed E-state index contributed by atoms with van der Waals surface area (Å²) in [6.07, 6.45) is 5.97. The number of hydrogen-bond acceptors (Lipinski definition) is 6. The van der Waals surface area contributed by atoms with E-state index in [0.717, 1.165) is 19.3 Å². The average molecular weight is 490 g/mol. The number of carbonyl (C=O) groups is 1. The van der Waals surface area contributed by atoms with Crippen LogP contribution in [0.1, 0.15) is 37.9 Å². The van der Waals surface area contributed by atoms with Gasteiger partial charge in [0.05, 0.1) is 29.7 Å². The minimum Gasteiger partial charge on any atom is -0.467 e. The molecule has 0 aliphatic heterocycles. The first-order valence-electron chi connectivity index (χ1n) is 10.3. The molecule has 2 heterocycles. The zero-order chi connectivity index (χ0) is 22.6. The molecule has 4 rings (SSSR count). The highest BCUT2D eigenvalue weighted by molar-refractivity contribution is 7.99. The van der Waals surface area contributed by atoms with E-state index >= 15 is 0 Å². The van der Waals surface area contributed by atoms with E-state index < -0.39 is 5.54 Å². The number of rotatable bonds is 7. The first-order valence-corrected chi connectivity index (χ1v) is 12.0. The minimum atomic E-state index is -0.764. The third-order valence-electron chi connectivity index (χ3n) is 5.42. The number of aromatic nitrogens is 3. The molecule has 166 valence electrons. The molecule has 0 radical (unpaired) electrons. The number of nitrogens with zero attached hydrogens (tertiary/aromatic N) is 4. The molecule has 0 unspecified atom stereocenters. The van der Waals surface area contributed by atoms with Gasteiger partial charge in [0.25, 0.3) is 0 Å². The third-order valence-corrected chi connectivity index (χ3v) is 6.93. The van der Waals surface area contributed by atoms with Gasteiger partial charge in [-0.25, -0.2) is 0 Å². The molecule has 7 nitrogen and oxygen atoms in total. The smallest absolute Gasteiger partial charge is 0.231 e. The van der Waals surface area contributed by atoms with Crippen LogP contribution in [0.25, 0.3) is 11.4 Å². The van der Waals surface area contributed by atoms with Crippen LogP contribution in [0, 0.1) is 11.3 Å². The molecule has 0 spiro atoms. The van der Waals surface area contributed by atoms with Crippen molar-refractivity contribution in [2.24, 2.45) is 0 Å². The van der Waals surface area contributed by atoms with Crippen LogP contribution < -0.4 is 5.32 Å². The number of thioether (sulfide) groups is 1. The van der Waals surface area contributed by atoms with Crippen molar-refractivity contribution in [1.82, 2.24) is 20.1 Å². The summed E-state index contributed by atoms with van der Waals surface area (Å²) in [5.41, 5.74) is -0.0863. The van der Waals surface area contributed by atoms with E-state index in [-0.39, 0.29) is 11.7 Å². The molecular weight excluding hydrogens is 469 g/mol. The fourth-order valence-electron chi connectivity index (χ4n) is 3.82. The summed E-state index contributed by atoms with van der Waals surface area (Å²) < 4.78 is 7.35. The number of halogens is 2. The minimum absolute atomic E-state index is 0.119. The standard InChI is InChI=1S/C22H21Cl2N5O2S/c23-15-6-7-17(18(24)11-15)20-27-28-21(29(20)12-16-5-4-10-31-16)32-13-19(30)26-22(14-25)8-2-1-3-9-22/h4-7,10-11H,1-3,8-9,12-13H2,(H,26,30). The van der Waals surface area contributed by atoms with Crippen LogP contribution in [0.4, 0.5) is 0 Å². The second-order valence-corrected chi connectivity index (χ2v) is 9.47. The third kappa shape index (κ3) is 5.12. The van der Waals surface area contributed by atoms with Gasteiger partial charge in [0, 0.05) is 10.6 Å². The van der Waals surface area contributed by atoms with Gasteiger partial charge < -0.3 is 9.73 Å². The highest BCUT2D eigenvalue weighted by Gasteiger charge is 2.33. The number of carbonyl (C=O) groups excluding carboxylic acids is 1. The van der Waals surface area contributed by atoms with Gasteiger partial charge in [-0.1, -0.05) is 54.2 Å². The maximum atomic E-state index is 12.7. The molecule has 10 heteroatoms. The van der Waals surface area contributed by atoms with E-state index in [1.807, 2.05) is 10.6 Å². The number of hydrogen-bond donors (Lipinski definition) is 1. The number of furan rings is 1. The lowest BCUT2D eigenvalue weighted by Gasteiger charge is -2.31. The van der Waals surface area contributed by atoms with E-state index in [1.54, 1.807) is 30.5 Å². The Morgan fingerprint density at radius 2 is 2.06 bits per heavy atom. The molecule has 2 aromatic heterocycles. The number of nitrogens with one attached hydrogen (secondary N) is 1. The molecule has 0 bridgehead atoms. The monoisotopic (exact) mass is 489 g/mol. The van der Waals surface area contributed by atoms with Crippen LogP contribution in [0.5, 0.6) is 0 Å². The van der Waals surface area contributed by atoms with Crippen LogP contribution in [0.3, 0.4) is 0 Å². The van der Waals surface area contributed by atoms with Crippen LogP contribution >= 0.6 is 35.0 Å². The first-order chi connectivity index (χ1) is 15.5. The summed E-state index contributed by atoms with van der Waals surface area (Å²) in [5.74, 6) is 1.19. The number of nitriles is 1. The SMILES string of the molecule is N#CC1(NC(=O)CSc2nnc(-c3ccc(Cl)cc3Cl)n2Cc2ccco2)CCCCC1. The molecule has 1 amide bonds. The second kappa shape index (κ2) is 9.99. The van der Waals surface area contributed by atoms with Crippen molar-refractivity contribution >= 4 is 40.9 Å². The average Bonchev–Trinajstić information content (AvgIpc) is 3.44. The van der Waals surface area contributed by atoms with Gasteiger partial charge in [-0.3, -0.25) is 9.36 Å². The molecule has 1 aromatic carbocycles. The Labute approximate surface area is 200 Å². The fourth-order valence-corrected chi connectivity index (χ4v) is 5.05. The van der Waals surface area contributed by atoms with Crippen molar-refractivity contribution in [2.45, 2.75) is 49.3 Å². The number of amides is 1. The van der Waals surface area contributed by atoms with E-state index in [1.165, 1.54) is 11.8 Å². The Kier molecular flexibility index (Phi) is 7.09. The molecule has 3 aromatic rings. The van der Waals surface area contributed by atoms with Gasteiger partial charge in [-0.05, 0) is 43.2 Å². The largest absolute Gasteiger partial charge is 0.467 e. The highest BCUT2D eigenvalue weighted by Crippen LogP contribution is 2.32. The van der Waals surface area contributed by atoms with Gasteiger partial charge in [-0.2, -0.15) is 5.26 Å². The predicted octanol–water partition coefficient (Wildman–Crippen LogP) is 5.33. The first kappa shape index (κ1) is 22.7. The van der Waals surface area contributed by atoms with Gasteiger partial charge in [0.2, 0.25) is 5.91 Å². The summed E-state index contributed by atoms with van der Waals surface area (Å²) in [6.45, 7) is 0.375. The van der Waals surface area contributed by atoms with Crippen molar-refractivity contribution in [2.75, 3.05) is 5.75 Å². The van der Waals surface area contributed by atoms with E-state index in [2.05, 4.69) is 21.6 Å². The van der Waals surface area contributed by atoms with Crippen LogP contribution in [0.15, 0.2) is 46.2 Å². The normalized spacial score (nSPS) is 15.3. The molecule has 1 N–H and O–H groups in total. The van der Waals surface area contributed by atoms with Crippen molar-refractivity contribution in [3.8, 4) is 17.5 Å². The van der Waals surface area contributed by atoms with E-state index in [0.29, 0.717) is 51.7 Å². The quantitative estimate of drug-likeness (QED) is 0.450. The maximum Gasteiger partial charge on any atom is 0.231 e. The molecular formula is C22H21Cl2N5O2S. The van der Waals surface area contributed by atoms with Gasteiger partial charge in [0.1, 0.15) is 11.3 Å². The molecule has 1 fully saturated rings. The van der Waals surface area contributed by atoms with E-state index in [9.17, 15) is 10.1 Å². The second-order valence-electron chi connectivity index (χ2n) is 7.69. The maximum absolute atomic E-state index is 12.7. The van der Waals surface area contributed by atoms with Gasteiger partial charge in [0.15, 0.2) is 11.0 Å². The topological polar surface area (TPSA) is 96.7 Å². The number of benzene rings is 1. The van der Waals surface area contributed by atoms with Crippen molar-refractivity contribution in [1.29, 1.82) is 5.26 Å². The van der Waals surface area contributed by atoms with E-state index in [4.69, 9.17) is 27.6 Å². The molecule has 32 heavy (non-hydrogen) atoms. The van der Waals surface area contributed by atoms with Crippen LogP contribution in [-0.4, -0.2) is 32.0 Å². The molecule has 0 atom stereocenters. The zero-order valence-electron chi connectivity index (χ0n) is 17.2. The Balaban J connectivity index is 1.55. The van der Waals surface area contributed by atoms with Gasteiger partial charge in [-0.15, -0.1) is 10.2 Å². The van der Waals surface area contributed by atoms with Crippen molar-refractivity contribution < 1.29 is 9.21 Å².